The van der Waals surface area contributed by atoms with E-state index in [1.54, 1.807) is 6.92 Å². The van der Waals surface area contributed by atoms with Crippen molar-refractivity contribution < 1.29 is 9.22 Å². The number of rotatable bonds is 4. The van der Waals surface area contributed by atoms with Crippen molar-refractivity contribution >= 4 is 14.1 Å². The van der Waals surface area contributed by atoms with E-state index >= 15 is 0 Å². The van der Waals surface area contributed by atoms with E-state index in [9.17, 15) is 4.79 Å². The summed E-state index contributed by atoms with van der Waals surface area (Å²) in [5.41, 5.74) is -0.555. The fourth-order valence-electron chi connectivity index (χ4n) is 0.694. The van der Waals surface area contributed by atoms with Crippen LogP contribution >= 0.6 is 0 Å². The summed E-state index contributed by atoms with van der Waals surface area (Å²) in [5.74, 6) is 0.690. The van der Waals surface area contributed by atoms with Crippen LogP contribution in [0.25, 0.3) is 0 Å². The fraction of sp³-hybridized carbons (Fsp3) is 0.700. The Morgan fingerprint density at radius 2 is 1.69 bits per heavy atom. The normalized spacial score (nSPS) is 12.5. The minimum Gasteiger partial charge on any atom is -0.547 e. The van der Waals surface area contributed by atoms with Crippen LogP contribution in [0.3, 0.4) is 0 Å². The highest BCUT2D eigenvalue weighted by Gasteiger charge is 2.31. The average molecular weight is 200 g/mol. The quantitative estimate of drug-likeness (QED) is 0.515. The number of Topliss-reactive ketones (excluding diaryl/α,β-unsaturated/α-hetero) is 1. The molecule has 13 heavy (non-hydrogen) atoms. The Hall–Kier alpha value is -0.573. The molecule has 0 aliphatic heterocycles. The van der Waals surface area contributed by atoms with Gasteiger partial charge in [0.15, 0.2) is 0 Å². The minimum atomic E-state index is -1.63. The standard InChI is InChI=1S/C10H20O2Si/c1-8(11)10(3,4)9(2)12-13(5,6)7/h2H2,1,3-7H3. The van der Waals surface area contributed by atoms with Crippen LogP contribution in [0.4, 0.5) is 0 Å². The molecule has 0 saturated carbocycles. The van der Waals surface area contributed by atoms with Gasteiger partial charge in [0.25, 0.3) is 0 Å². The molecule has 0 heterocycles. The molecule has 0 N–H and O–H groups in total. The third-order valence-electron chi connectivity index (χ3n) is 2.01. The molecule has 0 rings (SSSR count). The molecule has 0 atom stereocenters. The summed E-state index contributed by atoms with van der Waals surface area (Å²) < 4.78 is 5.69. The molecule has 0 saturated heterocycles. The van der Waals surface area contributed by atoms with Gasteiger partial charge in [0.2, 0.25) is 8.32 Å². The number of ketones is 1. The molecule has 0 bridgehead atoms. The van der Waals surface area contributed by atoms with Crippen molar-refractivity contribution in [3.05, 3.63) is 12.3 Å². The molecule has 76 valence electrons. The van der Waals surface area contributed by atoms with Crippen molar-refractivity contribution in [2.45, 2.75) is 40.4 Å². The zero-order valence-electron chi connectivity index (χ0n) is 9.52. The van der Waals surface area contributed by atoms with Crippen LogP contribution in [-0.2, 0) is 9.22 Å². The maximum Gasteiger partial charge on any atom is 0.241 e. The molecule has 3 heteroatoms. The van der Waals surface area contributed by atoms with Gasteiger partial charge in [0.05, 0.1) is 11.2 Å². The monoisotopic (exact) mass is 200 g/mol. The number of allylic oxidation sites excluding steroid dienone is 1. The van der Waals surface area contributed by atoms with Crippen molar-refractivity contribution in [3.8, 4) is 0 Å². The predicted molar refractivity (Wildman–Crippen MR) is 58.0 cm³/mol. The Kier molecular flexibility index (Phi) is 3.50. The Balaban J connectivity index is 4.53. The maximum atomic E-state index is 11.3. The highest BCUT2D eigenvalue weighted by molar-refractivity contribution is 6.70. The van der Waals surface area contributed by atoms with Gasteiger partial charge in [-0.3, -0.25) is 4.79 Å². The average Bonchev–Trinajstić information content (AvgIpc) is 1.82. The molecule has 0 aromatic rings. The van der Waals surface area contributed by atoms with Crippen LogP contribution in [0.2, 0.25) is 19.6 Å². The summed E-state index contributed by atoms with van der Waals surface area (Å²) >= 11 is 0. The lowest BCUT2D eigenvalue weighted by molar-refractivity contribution is -0.124. The molecule has 0 spiro atoms. The fourth-order valence-corrected chi connectivity index (χ4v) is 1.69. The lowest BCUT2D eigenvalue weighted by Crippen LogP contribution is -2.33. The summed E-state index contributed by atoms with van der Waals surface area (Å²) in [5, 5.41) is 0. The Bertz CT molecular complexity index is 224. The van der Waals surface area contributed by atoms with Crippen molar-refractivity contribution in [1.82, 2.24) is 0 Å². The molecule has 0 aromatic heterocycles. The molecule has 0 fully saturated rings. The second-order valence-corrected chi connectivity index (χ2v) is 9.25. The van der Waals surface area contributed by atoms with Gasteiger partial charge in [0, 0.05) is 0 Å². The van der Waals surface area contributed by atoms with Crippen molar-refractivity contribution in [3.63, 3.8) is 0 Å². The number of hydrogen-bond donors (Lipinski definition) is 0. The molecule has 0 radical (unpaired) electrons. The number of hydrogen-bond acceptors (Lipinski definition) is 2. The maximum absolute atomic E-state index is 11.3. The zero-order chi connectivity index (χ0) is 10.9. The van der Waals surface area contributed by atoms with E-state index in [-0.39, 0.29) is 5.78 Å². The minimum absolute atomic E-state index is 0.0933. The third-order valence-corrected chi connectivity index (χ3v) is 2.87. The first-order chi connectivity index (χ1) is 5.57. The first-order valence-corrected chi connectivity index (χ1v) is 7.87. The molecular weight excluding hydrogens is 180 g/mol. The highest BCUT2D eigenvalue weighted by atomic mass is 28.4. The second-order valence-electron chi connectivity index (χ2n) is 4.82. The summed E-state index contributed by atoms with van der Waals surface area (Å²) in [4.78, 5) is 11.3. The van der Waals surface area contributed by atoms with Gasteiger partial charge in [-0.15, -0.1) is 0 Å². The first-order valence-electron chi connectivity index (χ1n) is 4.47. The van der Waals surface area contributed by atoms with Gasteiger partial charge in [-0.1, -0.05) is 6.58 Å². The summed E-state index contributed by atoms with van der Waals surface area (Å²) in [7, 11) is -1.63. The van der Waals surface area contributed by atoms with Gasteiger partial charge >= 0.3 is 0 Å². The van der Waals surface area contributed by atoms with Crippen LogP contribution in [0.15, 0.2) is 12.3 Å². The Morgan fingerprint density at radius 1 is 1.31 bits per heavy atom. The lowest BCUT2D eigenvalue weighted by Gasteiger charge is -2.30. The Morgan fingerprint density at radius 3 is 1.92 bits per heavy atom. The lowest BCUT2D eigenvalue weighted by atomic mass is 9.87. The number of carbonyl (C=O) groups excluding carboxylic acids is 1. The highest BCUT2D eigenvalue weighted by Crippen LogP contribution is 2.29. The Labute approximate surface area is 82.1 Å². The predicted octanol–water partition coefficient (Wildman–Crippen LogP) is 2.97. The van der Waals surface area contributed by atoms with Gasteiger partial charge in [-0.05, 0) is 40.4 Å². The van der Waals surface area contributed by atoms with E-state index < -0.39 is 13.7 Å². The summed E-state index contributed by atoms with van der Waals surface area (Å²) in [6, 6.07) is 0. The van der Waals surface area contributed by atoms with Crippen LogP contribution < -0.4 is 0 Å². The smallest absolute Gasteiger partial charge is 0.241 e. The zero-order valence-corrected chi connectivity index (χ0v) is 10.5. The van der Waals surface area contributed by atoms with Crippen LogP contribution in [0, 0.1) is 5.41 Å². The van der Waals surface area contributed by atoms with Gasteiger partial charge in [0.1, 0.15) is 5.78 Å². The molecule has 0 aliphatic rings. The van der Waals surface area contributed by atoms with E-state index in [0.717, 1.165) is 0 Å². The van der Waals surface area contributed by atoms with E-state index in [0.29, 0.717) is 5.76 Å². The van der Waals surface area contributed by atoms with Crippen molar-refractivity contribution in [1.29, 1.82) is 0 Å². The SMILES string of the molecule is C=C(O[Si](C)(C)C)C(C)(C)C(C)=O. The molecule has 0 aliphatic carbocycles. The van der Waals surface area contributed by atoms with Gasteiger partial charge < -0.3 is 4.43 Å². The third kappa shape index (κ3) is 3.76. The van der Waals surface area contributed by atoms with Crippen LogP contribution in [0.1, 0.15) is 20.8 Å². The molecule has 2 nitrogen and oxygen atoms in total. The van der Waals surface area contributed by atoms with Gasteiger partial charge in [-0.25, -0.2) is 0 Å². The largest absolute Gasteiger partial charge is 0.547 e. The second kappa shape index (κ2) is 3.66. The molecular formula is C10H20O2Si. The van der Waals surface area contributed by atoms with E-state index in [2.05, 4.69) is 26.2 Å². The summed E-state index contributed by atoms with van der Waals surface area (Å²) in [6.07, 6.45) is 0. The molecule has 0 unspecified atom stereocenters. The van der Waals surface area contributed by atoms with E-state index in [4.69, 9.17) is 4.43 Å². The van der Waals surface area contributed by atoms with Crippen molar-refractivity contribution in [2.75, 3.05) is 0 Å². The van der Waals surface area contributed by atoms with Crippen LogP contribution in [0.5, 0.6) is 0 Å². The topological polar surface area (TPSA) is 26.3 Å². The summed E-state index contributed by atoms with van der Waals surface area (Å²) in [6.45, 7) is 15.3. The van der Waals surface area contributed by atoms with E-state index in [1.165, 1.54) is 0 Å². The molecule has 0 aromatic carbocycles. The first kappa shape index (κ1) is 12.4. The van der Waals surface area contributed by atoms with E-state index in [1.807, 2.05) is 13.8 Å². The van der Waals surface area contributed by atoms with Gasteiger partial charge in [-0.2, -0.15) is 0 Å². The number of carbonyl (C=O) groups is 1. The van der Waals surface area contributed by atoms with Crippen LogP contribution in [-0.4, -0.2) is 14.1 Å². The van der Waals surface area contributed by atoms with Crippen molar-refractivity contribution in [2.24, 2.45) is 5.41 Å². The molecule has 0 amide bonds.